The fraction of sp³-hybridized carbons (Fsp3) is 0.500. The second kappa shape index (κ2) is 6.01. The number of hydrogen-bond donors (Lipinski definition) is 2. The average molecular weight is 308 g/mol. The Kier molecular flexibility index (Phi) is 4.47. The van der Waals surface area contributed by atoms with E-state index in [2.05, 4.69) is 11.4 Å². The zero-order valence-corrected chi connectivity index (χ0v) is 12.3. The van der Waals surface area contributed by atoms with Crippen LogP contribution < -0.4 is 5.32 Å². The molecule has 1 saturated carbocycles. The number of nitrogens with zero attached hydrogens (tertiary/aromatic N) is 1. The van der Waals surface area contributed by atoms with E-state index in [1.165, 1.54) is 6.92 Å². The molecule has 2 N–H and O–H groups in total. The minimum absolute atomic E-state index is 0.105. The zero-order chi connectivity index (χ0) is 16.4. The lowest BCUT2D eigenvalue weighted by Crippen LogP contribution is -2.45. The van der Waals surface area contributed by atoms with Crippen LogP contribution in [0.3, 0.4) is 0 Å². The highest BCUT2D eigenvalue weighted by molar-refractivity contribution is 5.85. The molecule has 0 bridgehead atoms. The van der Waals surface area contributed by atoms with Crippen LogP contribution in [0.2, 0.25) is 0 Å². The molecular formula is C16H18F2N2O2. The number of carbonyl (C=O) groups excluding carboxylic acids is 1. The number of carbonyl (C=O) groups is 1. The maximum absolute atomic E-state index is 13.7. The number of amides is 1. The second-order valence-corrected chi connectivity index (χ2v) is 5.98. The summed E-state index contributed by atoms with van der Waals surface area (Å²) in [4.78, 5) is 12.2. The molecule has 4 nitrogen and oxygen atoms in total. The van der Waals surface area contributed by atoms with E-state index < -0.39 is 28.6 Å². The van der Waals surface area contributed by atoms with Crippen molar-refractivity contribution in [1.29, 1.82) is 5.26 Å². The molecule has 22 heavy (non-hydrogen) atoms. The molecule has 0 saturated heterocycles. The predicted molar refractivity (Wildman–Crippen MR) is 75.5 cm³/mol. The summed E-state index contributed by atoms with van der Waals surface area (Å²) in [5.74, 6) is -2.07. The zero-order valence-electron chi connectivity index (χ0n) is 12.3. The first kappa shape index (κ1) is 16.4. The van der Waals surface area contributed by atoms with Gasteiger partial charge in [0.05, 0.1) is 12.6 Å². The van der Waals surface area contributed by atoms with Gasteiger partial charge in [-0.15, -0.1) is 0 Å². The molecular weight excluding hydrogens is 290 g/mol. The van der Waals surface area contributed by atoms with Crippen molar-refractivity contribution >= 4 is 5.91 Å². The van der Waals surface area contributed by atoms with Gasteiger partial charge in [-0.3, -0.25) is 4.79 Å². The van der Waals surface area contributed by atoms with Crippen molar-refractivity contribution in [3.8, 4) is 6.07 Å². The van der Waals surface area contributed by atoms with Gasteiger partial charge in [0.25, 0.3) is 0 Å². The van der Waals surface area contributed by atoms with Gasteiger partial charge in [-0.1, -0.05) is 18.9 Å². The molecule has 2 rings (SSSR count). The van der Waals surface area contributed by atoms with Crippen LogP contribution in [0.4, 0.5) is 8.78 Å². The average Bonchev–Trinajstić information content (AvgIpc) is 2.94. The number of halogens is 2. The molecule has 1 aromatic carbocycles. The van der Waals surface area contributed by atoms with Crippen LogP contribution in [-0.2, 0) is 10.4 Å². The second-order valence-electron chi connectivity index (χ2n) is 5.98. The Bertz CT molecular complexity index is 617. The monoisotopic (exact) mass is 308 g/mol. The number of benzene rings is 1. The Morgan fingerprint density at radius 1 is 1.45 bits per heavy atom. The number of hydrogen-bond acceptors (Lipinski definition) is 3. The van der Waals surface area contributed by atoms with Crippen LogP contribution in [-0.4, -0.2) is 17.6 Å². The lowest BCUT2D eigenvalue weighted by Gasteiger charge is -2.27. The van der Waals surface area contributed by atoms with Crippen molar-refractivity contribution in [2.45, 2.75) is 38.2 Å². The quantitative estimate of drug-likeness (QED) is 0.897. The molecule has 0 radical (unpaired) electrons. The van der Waals surface area contributed by atoms with Crippen LogP contribution in [0.25, 0.3) is 0 Å². The Morgan fingerprint density at radius 3 is 2.64 bits per heavy atom. The highest BCUT2D eigenvalue weighted by Crippen LogP contribution is 2.37. The Morgan fingerprint density at radius 2 is 2.09 bits per heavy atom. The van der Waals surface area contributed by atoms with E-state index >= 15 is 0 Å². The normalized spacial score (nSPS) is 19.2. The summed E-state index contributed by atoms with van der Waals surface area (Å²) in [5, 5.41) is 22.1. The van der Waals surface area contributed by atoms with Gasteiger partial charge < -0.3 is 10.4 Å². The third-order valence-corrected chi connectivity index (χ3v) is 4.21. The molecule has 1 atom stereocenters. The van der Waals surface area contributed by atoms with Gasteiger partial charge in [-0.25, -0.2) is 8.78 Å². The van der Waals surface area contributed by atoms with Crippen molar-refractivity contribution in [3.05, 3.63) is 35.4 Å². The number of rotatable bonds is 4. The van der Waals surface area contributed by atoms with Crippen molar-refractivity contribution < 1.29 is 18.7 Å². The van der Waals surface area contributed by atoms with E-state index in [9.17, 15) is 23.9 Å². The third kappa shape index (κ3) is 3.09. The number of nitrogens with one attached hydrogen (secondary N) is 1. The Balaban J connectivity index is 2.09. The molecule has 0 heterocycles. The van der Waals surface area contributed by atoms with Gasteiger partial charge in [0.2, 0.25) is 5.91 Å². The van der Waals surface area contributed by atoms with Crippen molar-refractivity contribution in [2.75, 3.05) is 6.54 Å². The molecule has 1 unspecified atom stereocenters. The van der Waals surface area contributed by atoms with Gasteiger partial charge in [-0.05, 0) is 25.8 Å². The molecule has 1 amide bonds. The molecule has 0 spiro atoms. The molecule has 6 heteroatoms. The highest BCUT2D eigenvalue weighted by atomic mass is 19.1. The molecule has 0 aliphatic heterocycles. The van der Waals surface area contributed by atoms with E-state index in [0.29, 0.717) is 18.9 Å². The molecule has 1 aliphatic rings. The van der Waals surface area contributed by atoms with E-state index in [4.69, 9.17) is 0 Å². The first-order valence-electron chi connectivity index (χ1n) is 7.18. The fourth-order valence-electron chi connectivity index (χ4n) is 2.81. The van der Waals surface area contributed by atoms with Crippen LogP contribution in [0, 0.1) is 28.4 Å². The van der Waals surface area contributed by atoms with Crippen molar-refractivity contribution in [1.82, 2.24) is 5.32 Å². The summed E-state index contributed by atoms with van der Waals surface area (Å²) in [7, 11) is 0. The molecule has 118 valence electrons. The van der Waals surface area contributed by atoms with Gasteiger partial charge >= 0.3 is 0 Å². The maximum Gasteiger partial charge on any atom is 0.240 e. The Hall–Kier alpha value is -2.00. The summed E-state index contributed by atoms with van der Waals surface area (Å²) >= 11 is 0. The fourth-order valence-corrected chi connectivity index (χ4v) is 2.81. The lowest BCUT2D eigenvalue weighted by molar-refractivity contribution is -0.129. The third-order valence-electron chi connectivity index (χ3n) is 4.21. The molecule has 1 aliphatic carbocycles. The van der Waals surface area contributed by atoms with Gasteiger partial charge in [-0.2, -0.15) is 5.26 Å². The number of nitriles is 1. The topological polar surface area (TPSA) is 73.1 Å². The summed E-state index contributed by atoms with van der Waals surface area (Å²) in [6.07, 6.45) is 2.60. The highest BCUT2D eigenvalue weighted by Gasteiger charge is 2.42. The standard InChI is InChI=1S/C16H18F2N2O2/c1-15(22,12-5-4-11(17)8-13(12)18)10-20-14(21)16(9-19)6-2-3-7-16/h4-5,8,22H,2-3,6-7,10H2,1H3,(H,20,21). The first-order valence-corrected chi connectivity index (χ1v) is 7.18. The van der Waals surface area contributed by atoms with Crippen LogP contribution >= 0.6 is 0 Å². The van der Waals surface area contributed by atoms with Crippen molar-refractivity contribution in [3.63, 3.8) is 0 Å². The lowest BCUT2D eigenvalue weighted by atomic mass is 9.86. The van der Waals surface area contributed by atoms with E-state index in [0.717, 1.165) is 25.0 Å². The largest absolute Gasteiger partial charge is 0.383 e. The van der Waals surface area contributed by atoms with Crippen LogP contribution in [0.15, 0.2) is 18.2 Å². The van der Waals surface area contributed by atoms with Gasteiger partial charge in [0.1, 0.15) is 22.7 Å². The SMILES string of the molecule is CC(O)(CNC(=O)C1(C#N)CCCC1)c1ccc(F)cc1F. The molecule has 1 aromatic rings. The van der Waals surface area contributed by atoms with Gasteiger partial charge in [0, 0.05) is 11.6 Å². The summed E-state index contributed by atoms with van der Waals surface area (Å²) < 4.78 is 26.7. The summed E-state index contributed by atoms with van der Waals surface area (Å²) in [6, 6.07) is 4.92. The molecule has 1 fully saturated rings. The minimum Gasteiger partial charge on any atom is -0.383 e. The van der Waals surface area contributed by atoms with Crippen molar-refractivity contribution in [2.24, 2.45) is 5.41 Å². The predicted octanol–water partition coefficient (Wildman–Crippen LogP) is 2.37. The smallest absolute Gasteiger partial charge is 0.240 e. The van der Waals surface area contributed by atoms with Crippen LogP contribution in [0.5, 0.6) is 0 Å². The summed E-state index contributed by atoms with van der Waals surface area (Å²) in [6.45, 7) is 1.08. The van der Waals surface area contributed by atoms with Gasteiger partial charge in [0.15, 0.2) is 0 Å². The maximum atomic E-state index is 13.7. The first-order chi connectivity index (χ1) is 10.3. The number of aliphatic hydroxyl groups is 1. The minimum atomic E-state index is -1.69. The summed E-state index contributed by atoms with van der Waals surface area (Å²) in [5.41, 5.74) is -2.85. The van der Waals surface area contributed by atoms with Crippen LogP contribution in [0.1, 0.15) is 38.2 Å². The van der Waals surface area contributed by atoms with E-state index in [1.807, 2.05) is 0 Å². The molecule has 0 aromatic heterocycles. The van der Waals surface area contributed by atoms with E-state index in [1.54, 1.807) is 0 Å². The Labute approximate surface area is 127 Å². The van der Waals surface area contributed by atoms with E-state index in [-0.39, 0.29) is 12.1 Å².